The molecule has 58 valence electrons. The lowest BCUT2D eigenvalue weighted by Crippen LogP contribution is -2.07. The number of carbonyl (C=O) groups excluding carboxylic acids is 1. The Hall–Kier alpha value is -1.03. The lowest BCUT2D eigenvalue weighted by atomic mass is 10.9. The molecule has 0 spiro atoms. The summed E-state index contributed by atoms with van der Waals surface area (Å²) < 4.78 is 13.3. The fourth-order valence-corrected chi connectivity index (χ4v) is 0.275. The van der Waals surface area contributed by atoms with Crippen LogP contribution >= 0.6 is 0 Å². The van der Waals surface area contributed by atoms with Gasteiger partial charge < -0.3 is 14.2 Å². The van der Waals surface area contributed by atoms with E-state index in [4.69, 9.17) is 4.74 Å². The molecule has 0 radical (unpaired) electrons. The summed E-state index contributed by atoms with van der Waals surface area (Å²) >= 11 is 0. The van der Waals surface area contributed by atoms with E-state index in [0.29, 0.717) is 6.61 Å². The molecule has 0 bridgehead atoms. The van der Waals surface area contributed by atoms with Crippen LogP contribution in [-0.4, -0.2) is 19.6 Å². The van der Waals surface area contributed by atoms with Crippen LogP contribution in [0.5, 0.6) is 0 Å². The van der Waals surface area contributed by atoms with E-state index in [0.717, 1.165) is 6.26 Å². The number of carbonyl (C=O) groups is 1. The van der Waals surface area contributed by atoms with Crippen molar-refractivity contribution in [3.8, 4) is 0 Å². The third-order valence-corrected chi connectivity index (χ3v) is 0.644. The van der Waals surface area contributed by atoms with Gasteiger partial charge in [-0.05, 0) is 6.92 Å². The van der Waals surface area contributed by atoms with Crippen molar-refractivity contribution in [3.05, 3.63) is 12.8 Å². The molecule has 0 heterocycles. The molecular formula is C6H10O4. The molecule has 0 fully saturated rings. The third kappa shape index (κ3) is 5.11. The molecule has 4 heteroatoms. The van der Waals surface area contributed by atoms with Gasteiger partial charge in [0.2, 0.25) is 0 Å². The molecule has 10 heavy (non-hydrogen) atoms. The zero-order valence-corrected chi connectivity index (χ0v) is 5.83. The first kappa shape index (κ1) is 8.97. The highest BCUT2D eigenvalue weighted by atomic mass is 16.8. The normalized spacial score (nSPS) is 8.50. The predicted molar refractivity (Wildman–Crippen MR) is 34.3 cm³/mol. The van der Waals surface area contributed by atoms with Crippen molar-refractivity contribution in [3.63, 3.8) is 0 Å². The van der Waals surface area contributed by atoms with Crippen molar-refractivity contribution in [2.24, 2.45) is 0 Å². The van der Waals surface area contributed by atoms with E-state index in [2.05, 4.69) is 16.1 Å². The third-order valence-electron chi connectivity index (χ3n) is 0.644. The Bertz CT molecular complexity index is 110. The number of rotatable bonds is 4. The minimum Gasteiger partial charge on any atom is -0.407 e. The Kier molecular flexibility index (Phi) is 5.47. The van der Waals surface area contributed by atoms with Crippen LogP contribution in [0.2, 0.25) is 0 Å². The van der Waals surface area contributed by atoms with Gasteiger partial charge in [-0.1, -0.05) is 6.58 Å². The molecule has 0 aromatic rings. The van der Waals surface area contributed by atoms with Gasteiger partial charge in [0.25, 0.3) is 0 Å². The van der Waals surface area contributed by atoms with E-state index in [9.17, 15) is 4.79 Å². The van der Waals surface area contributed by atoms with Crippen molar-refractivity contribution in [2.75, 3.05) is 13.4 Å². The Balaban J connectivity index is 3.13. The molecule has 0 aliphatic rings. The van der Waals surface area contributed by atoms with E-state index in [1.165, 1.54) is 0 Å². The summed E-state index contributed by atoms with van der Waals surface area (Å²) in [4.78, 5) is 10.3. The first-order valence-electron chi connectivity index (χ1n) is 2.83. The highest BCUT2D eigenvalue weighted by Gasteiger charge is 1.98. The molecule has 0 unspecified atom stereocenters. The molecule has 4 nitrogen and oxygen atoms in total. The minimum atomic E-state index is -0.802. The van der Waals surface area contributed by atoms with E-state index in [-0.39, 0.29) is 6.79 Å². The molecule has 0 saturated carbocycles. The van der Waals surface area contributed by atoms with Gasteiger partial charge in [-0.3, -0.25) is 0 Å². The maximum atomic E-state index is 10.3. The predicted octanol–water partition coefficient (Wildman–Crippen LogP) is 1.28. The Morgan fingerprint density at radius 3 is 2.90 bits per heavy atom. The zero-order chi connectivity index (χ0) is 7.82. The quantitative estimate of drug-likeness (QED) is 0.259. The molecular weight excluding hydrogens is 136 g/mol. The van der Waals surface area contributed by atoms with Crippen LogP contribution in [-0.2, 0) is 14.2 Å². The SMILES string of the molecule is C=COC(=O)OCOCC. The van der Waals surface area contributed by atoms with Crippen LogP contribution in [0.15, 0.2) is 12.8 Å². The first-order chi connectivity index (χ1) is 4.81. The summed E-state index contributed by atoms with van der Waals surface area (Å²) in [7, 11) is 0. The van der Waals surface area contributed by atoms with E-state index in [1.54, 1.807) is 6.92 Å². The Morgan fingerprint density at radius 2 is 2.40 bits per heavy atom. The average molecular weight is 146 g/mol. The fraction of sp³-hybridized carbons (Fsp3) is 0.500. The summed E-state index contributed by atoms with van der Waals surface area (Å²) in [6.07, 6.45) is 0.192. The molecule has 0 rings (SSSR count). The van der Waals surface area contributed by atoms with Gasteiger partial charge in [0.05, 0.1) is 6.26 Å². The first-order valence-corrected chi connectivity index (χ1v) is 2.83. The van der Waals surface area contributed by atoms with Gasteiger partial charge in [0, 0.05) is 6.61 Å². The summed E-state index contributed by atoms with van der Waals surface area (Å²) in [6.45, 7) is 5.38. The number of hydrogen-bond acceptors (Lipinski definition) is 4. The van der Waals surface area contributed by atoms with E-state index >= 15 is 0 Å². The molecule has 0 aromatic carbocycles. The largest absolute Gasteiger partial charge is 0.515 e. The monoisotopic (exact) mass is 146 g/mol. The standard InChI is InChI=1S/C6H10O4/c1-3-8-5-10-6(7)9-4-2/h4H,2-3,5H2,1H3. The van der Waals surface area contributed by atoms with E-state index < -0.39 is 6.16 Å². The molecule has 0 N–H and O–H groups in total. The van der Waals surface area contributed by atoms with Crippen LogP contribution in [0, 0.1) is 0 Å². The lowest BCUT2D eigenvalue weighted by molar-refractivity contribution is -0.0309. The Labute approximate surface area is 59.4 Å². The zero-order valence-electron chi connectivity index (χ0n) is 5.83. The van der Waals surface area contributed by atoms with Crippen LogP contribution in [0.4, 0.5) is 4.79 Å². The van der Waals surface area contributed by atoms with Crippen LogP contribution in [0.25, 0.3) is 0 Å². The molecule has 0 saturated heterocycles. The summed E-state index contributed by atoms with van der Waals surface area (Å²) in [5.74, 6) is 0. The van der Waals surface area contributed by atoms with Crippen molar-refractivity contribution in [1.82, 2.24) is 0 Å². The summed E-state index contributed by atoms with van der Waals surface area (Å²) in [5.41, 5.74) is 0. The fourth-order valence-electron chi connectivity index (χ4n) is 0.275. The van der Waals surface area contributed by atoms with Gasteiger partial charge in [-0.25, -0.2) is 4.79 Å². The van der Waals surface area contributed by atoms with E-state index in [1.807, 2.05) is 0 Å². The second kappa shape index (κ2) is 6.10. The second-order valence-corrected chi connectivity index (χ2v) is 1.29. The highest BCUT2D eigenvalue weighted by molar-refractivity contribution is 5.60. The smallest absolute Gasteiger partial charge is 0.407 e. The topological polar surface area (TPSA) is 44.8 Å². The van der Waals surface area contributed by atoms with Crippen molar-refractivity contribution < 1.29 is 19.0 Å². The molecule has 0 aromatic heterocycles. The van der Waals surface area contributed by atoms with Gasteiger partial charge in [0.1, 0.15) is 0 Å². The van der Waals surface area contributed by atoms with Crippen molar-refractivity contribution >= 4 is 6.16 Å². The van der Waals surface area contributed by atoms with Gasteiger partial charge in [-0.2, -0.15) is 0 Å². The molecule has 0 aliphatic heterocycles. The van der Waals surface area contributed by atoms with Gasteiger partial charge >= 0.3 is 6.16 Å². The molecule has 0 aliphatic carbocycles. The molecule has 0 amide bonds. The van der Waals surface area contributed by atoms with Crippen LogP contribution in [0.3, 0.4) is 0 Å². The number of hydrogen-bond donors (Lipinski definition) is 0. The highest BCUT2D eigenvalue weighted by Crippen LogP contribution is 1.85. The van der Waals surface area contributed by atoms with Crippen molar-refractivity contribution in [1.29, 1.82) is 0 Å². The summed E-state index contributed by atoms with van der Waals surface area (Å²) in [6, 6.07) is 0. The van der Waals surface area contributed by atoms with Crippen LogP contribution < -0.4 is 0 Å². The van der Waals surface area contributed by atoms with Crippen LogP contribution in [0.1, 0.15) is 6.92 Å². The average Bonchev–Trinajstić information content (AvgIpc) is 1.89. The number of ether oxygens (including phenoxy) is 3. The Morgan fingerprint density at radius 1 is 1.70 bits per heavy atom. The van der Waals surface area contributed by atoms with Crippen molar-refractivity contribution in [2.45, 2.75) is 6.92 Å². The van der Waals surface area contributed by atoms with Gasteiger partial charge in [0.15, 0.2) is 6.79 Å². The van der Waals surface area contributed by atoms with Gasteiger partial charge in [-0.15, -0.1) is 0 Å². The molecule has 0 atom stereocenters. The maximum absolute atomic E-state index is 10.3. The second-order valence-electron chi connectivity index (χ2n) is 1.29. The maximum Gasteiger partial charge on any atom is 0.515 e. The summed E-state index contributed by atoms with van der Waals surface area (Å²) in [5, 5.41) is 0. The lowest BCUT2D eigenvalue weighted by Gasteiger charge is -2.00. The minimum absolute atomic E-state index is 0.0802.